The summed E-state index contributed by atoms with van der Waals surface area (Å²) in [6, 6.07) is 17.5. The van der Waals surface area contributed by atoms with Crippen molar-refractivity contribution in [3.8, 4) is 16.9 Å². The molecule has 1 aliphatic rings. The number of ether oxygens (including phenoxy) is 1. The fourth-order valence-corrected chi connectivity index (χ4v) is 4.63. The Labute approximate surface area is 211 Å². The molecule has 0 aliphatic carbocycles. The van der Waals surface area contributed by atoms with Crippen molar-refractivity contribution in [1.82, 2.24) is 14.9 Å². The molecule has 2 heterocycles. The first-order valence-corrected chi connectivity index (χ1v) is 12.3. The lowest BCUT2D eigenvalue weighted by molar-refractivity contribution is 0.102. The largest absolute Gasteiger partial charge is 0.490 e. The van der Waals surface area contributed by atoms with Crippen LogP contribution in [-0.2, 0) is 0 Å². The van der Waals surface area contributed by atoms with Crippen molar-refractivity contribution in [3.05, 3.63) is 77.5 Å². The van der Waals surface area contributed by atoms with Crippen LogP contribution in [0, 0.1) is 13.8 Å². The highest BCUT2D eigenvalue weighted by Crippen LogP contribution is 2.29. The number of benzene rings is 3. The van der Waals surface area contributed by atoms with Crippen molar-refractivity contribution in [2.75, 3.05) is 31.2 Å². The van der Waals surface area contributed by atoms with E-state index in [9.17, 15) is 4.79 Å². The molecule has 0 atom stereocenters. The van der Waals surface area contributed by atoms with Crippen LogP contribution >= 0.6 is 0 Å². The topological polar surface area (TPSA) is 93.4 Å². The van der Waals surface area contributed by atoms with E-state index in [0.29, 0.717) is 5.56 Å². The van der Waals surface area contributed by atoms with E-state index in [1.165, 1.54) is 0 Å². The van der Waals surface area contributed by atoms with Crippen LogP contribution in [0.5, 0.6) is 5.75 Å². The second-order valence-corrected chi connectivity index (χ2v) is 9.59. The number of carbonyl (C=O) groups excluding carboxylic acids is 1. The van der Waals surface area contributed by atoms with E-state index in [1.54, 1.807) is 6.20 Å². The Morgan fingerprint density at radius 3 is 2.61 bits per heavy atom. The summed E-state index contributed by atoms with van der Waals surface area (Å²) in [6.07, 6.45) is 4.02. The molecule has 36 heavy (non-hydrogen) atoms. The Kier molecular flexibility index (Phi) is 6.57. The quantitative estimate of drug-likeness (QED) is 0.406. The summed E-state index contributed by atoms with van der Waals surface area (Å²) in [7, 11) is 2.14. The number of hydrogen-bond acceptors (Lipinski definition) is 6. The molecule has 0 spiro atoms. The maximum atomic E-state index is 13.1. The van der Waals surface area contributed by atoms with Crippen molar-refractivity contribution in [1.29, 1.82) is 0 Å². The van der Waals surface area contributed by atoms with E-state index in [0.717, 1.165) is 70.5 Å². The predicted octanol–water partition coefficient (Wildman–Crippen LogP) is 5.22. The van der Waals surface area contributed by atoms with Crippen LogP contribution in [0.15, 0.2) is 60.8 Å². The van der Waals surface area contributed by atoms with Gasteiger partial charge in [0.1, 0.15) is 11.9 Å². The van der Waals surface area contributed by atoms with Crippen molar-refractivity contribution < 1.29 is 9.53 Å². The van der Waals surface area contributed by atoms with Crippen molar-refractivity contribution in [2.24, 2.45) is 0 Å². The number of anilines is 2. The first kappa shape index (κ1) is 23.8. The van der Waals surface area contributed by atoms with E-state index < -0.39 is 0 Å². The maximum Gasteiger partial charge on any atom is 0.255 e. The highest BCUT2D eigenvalue weighted by Gasteiger charge is 2.19. The molecule has 4 aromatic rings. The van der Waals surface area contributed by atoms with Crippen LogP contribution in [-0.4, -0.2) is 47.0 Å². The van der Waals surface area contributed by atoms with E-state index in [2.05, 4.69) is 27.2 Å². The number of aryl methyl sites for hydroxylation is 2. The molecule has 5 rings (SSSR count). The number of hydrogen-bond donors (Lipinski definition) is 2. The average Bonchev–Trinajstić information content (AvgIpc) is 2.87. The molecule has 7 nitrogen and oxygen atoms in total. The Hall–Kier alpha value is -3.97. The van der Waals surface area contributed by atoms with Crippen molar-refractivity contribution in [2.45, 2.75) is 32.8 Å². The monoisotopic (exact) mass is 481 g/mol. The van der Waals surface area contributed by atoms with Gasteiger partial charge in [0.2, 0.25) is 5.95 Å². The predicted molar refractivity (Wildman–Crippen MR) is 144 cm³/mol. The van der Waals surface area contributed by atoms with Gasteiger partial charge >= 0.3 is 0 Å². The zero-order valence-corrected chi connectivity index (χ0v) is 20.9. The molecule has 1 fully saturated rings. The van der Waals surface area contributed by atoms with Gasteiger partial charge in [0.05, 0.1) is 5.52 Å². The fourth-order valence-electron chi connectivity index (χ4n) is 4.63. The van der Waals surface area contributed by atoms with Gasteiger partial charge in [0.25, 0.3) is 5.91 Å². The summed E-state index contributed by atoms with van der Waals surface area (Å²) in [5, 5.41) is 3.93. The van der Waals surface area contributed by atoms with Gasteiger partial charge in [-0.2, -0.15) is 0 Å². The van der Waals surface area contributed by atoms with Crippen molar-refractivity contribution in [3.63, 3.8) is 0 Å². The molecule has 3 aromatic carbocycles. The maximum absolute atomic E-state index is 13.1. The Morgan fingerprint density at radius 2 is 1.83 bits per heavy atom. The number of nitrogen functional groups attached to an aromatic ring is 1. The van der Waals surface area contributed by atoms with E-state index >= 15 is 0 Å². The zero-order chi connectivity index (χ0) is 25.2. The second kappa shape index (κ2) is 9.95. The molecule has 1 aromatic heterocycles. The average molecular weight is 482 g/mol. The molecule has 1 amide bonds. The number of nitrogens with two attached hydrogens (primary N) is 1. The summed E-state index contributed by atoms with van der Waals surface area (Å²) >= 11 is 0. The van der Waals surface area contributed by atoms with E-state index in [4.69, 9.17) is 10.5 Å². The number of piperidine rings is 1. The van der Waals surface area contributed by atoms with Crippen LogP contribution in [0.3, 0.4) is 0 Å². The number of nitrogens with one attached hydrogen (secondary N) is 1. The SMILES string of the molecule is Cc1cc(NC(=O)c2ccc(C)c(-c3ccc4nc(N)ncc4c3)c2)ccc1OC1CCN(C)CC1. The Bertz CT molecular complexity index is 1430. The lowest BCUT2D eigenvalue weighted by Crippen LogP contribution is -2.35. The Morgan fingerprint density at radius 1 is 1.03 bits per heavy atom. The molecule has 0 unspecified atom stereocenters. The van der Waals surface area contributed by atoms with Crippen LogP contribution in [0.2, 0.25) is 0 Å². The summed E-state index contributed by atoms with van der Waals surface area (Å²) in [5.74, 6) is 0.973. The number of likely N-dealkylation sites (tertiary alicyclic amines) is 1. The molecule has 0 bridgehead atoms. The highest BCUT2D eigenvalue weighted by atomic mass is 16.5. The van der Waals surface area contributed by atoms with Gasteiger partial charge in [0, 0.05) is 35.9 Å². The summed E-state index contributed by atoms with van der Waals surface area (Å²) < 4.78 is 6.24. The third-order valence-electron chi connectivity index (χ3n) is 6.80. The standard InChI is InChI=1S/C29H31N5O2/c1-18-4-5-21(16-25(18)20-6-8-26-22(15-20)17-31-29(30)33-26)28(35)32-23-7-9-27(19(2)14-23)36-24-10-12-34(3)13-11-24/h4-9,14-17,24H,10-13H2,1-3H3,(H,32,35)(H2,30,31,33). The molecule has 184 valence electrons. The third-order valence-corrected chi connectivity index (χ3v) is 6.80. The normalized spacial score (nSPS) is 14.6. The zero-order valence-electron chi connectivity index (χ0n) is 20.9. The minimum Gasteiger partial charge on any atom is -0.490 e. The number of fused-ring (bicyclic) bond motifs is 1. The molecule has 1 aliphatic heterocycles. The summed E-state index contributed by atoms with van der Waals surface area (Å²) in [4.78, 5) is 23.8. The van der Waals surface area contributed by atoms with Crippen LogP contribution in [0.1, 0.15) is 34.3 Å². The molecular formula is C29H31N5O2. The van der Waals surface area contributed by atoms with Gasteiger partial charge < -0.3 is 20.7 Å². The van der Waals surface area contributed by atoms with Crippen LogP contribution in [0.4, 0.5) is 11.6 Å². The van der Waals surface area contributed by atoms with Gasteiger partial charge in [-0.15, -0.1) is 0 Å². The summed E-state index contributed by atoms with van der Waals surface area (Å²) in [6.45, 7) is 6.16. The van der Waals surface area contributed by atoms with Crippen molar-refractivity contribution >= 4 is 28.4 Å². The van der Waals surface area contributed by atoms with Crippen LogP contribution < -0.4 is 15.8 Å². The van der Waals surface area contributed by atoms with E-state index in [-0.39, 0.29) is 18.0 Å². The van der Waals surface area contributed by atoms with Crippen LogP contribution in [0.25, 0.3) is 22.0 Å². The van der Waals surface area contributed by atoms with Gasteiger partial charge in [-0.05, 0) is 98.5 Å². The number of rotatable bonds is 5. The van der Waals surface area contributed by atoms with Gasteiger partial charge in [-0.3, -0.25) is 4.79 Å². The lowest BCUT2D eigenvalue weighted by Gasteiger charge is -2.29. The molecule has 1 saturated heterocycles. The van der Waals surface area contributed by atoms with Gasteiger partial charge in [-0.25, -0.2) is 9.97 Å². The first-order valence-electron chi connectivity index (χ1n) is 12.3. The van der Waals surface area contributed by atoms with E-state index in [1.807, 2.05) is 68.4 Å². The first-order chi connectivity index (χ1) is 17.4. The number of carbonyl (C=O) groups is 1. The second-order valence-electron chi connectivity index (χ2n) is 9.59. The molecular weight excluding hydrogens is 450 g/mol. The minimum atomic E-state index is -0.156. The molecule has 7 heteroatoms. The van der Waals surface area contributed by atoms with Gasteiger partial charge in [-0.1, -0.05) is 12.1 Å². The number of aromatic nitrogens is 2. The Balaban J connectivity index is 1.32. The fraction of sp³-hybridized carbons (Fsp3) is 0.276. The lowest BCUT2D eigenvalue weighted by atomic mass is 9.97. The summed E-state index contributed by atoms with van der Waals surface area (Å²) in [5.41, 5.74) is 11.9. The molecule has 0 radical (unpaired) electrons. The number of nitrogens with zero attached hydrogens (tertiary/aromatic N) is 3. The molecule has 0 saturated carbocycles. The number of amides is 1. The molecule has 3 N–H and O–H groups in total. The van der Waals surface area contributed by atoms with Gasteiger partial charge in [0.15, 0.2) is 0 Å². The smallest absolute Gasteiger partial charge is 0.255 e. The highest BCUT2D eigenvalue weighted by molar-refractivity contribution is 6.05. The third kappa shape index (κ3) is 5.16. The minimum absolute atomic E-state index is 0.156.